The third-order valence-electron chi connectivity index (χ3n) is 3.82. The largest absolute Gasteiger partial charge is 0.493 e. The molecule has 1 N–H and O–H groups in total. The van der Waals surface area contributed by atoms with E-state index in [1.165, 1.54) is 43.2 Å². The minimum absolute atomic E-state index is 0.440. The van der Waals surface area contributed by atoms with Crippen LogP contribution in [0.5, 0.6) is 5.75 Å². The Morgan fingerprint density at radius 1 is 1.28 bits per heavy atom. The Hall–Kier alpha value is -1.02. The number of ether oxygens (including phenoxy) is 1. The number of unbranched alkanes of at least 4 members (excludes halogenated alkanes) is 3. The molecule has 0 aromatic heterocycles. The molecular formula is C16H25NO. The zero-order chi connectivity index (χ0) is 12.8. The van der Waals surface area contributed by atoms with Crippen LogP contribution < -0.4 is 10.1 Å². The minimum atomic E-state index is 0.440. The number of para-hydroxylation sites is 1. The van der Waals surface area contributed by atoms with Crippen molar-refractivity contribution in [1.82, 2.24) is 5.32 Å². The van der Waals surface area contributed by atoms with Gasteiger partial charge in [-0.2, -0.15) is 0 Å². The highest BCUT2D eigenvalue weighted by atomic mass is 16.5. The van der Waals surface area contributed by atoms with Gasteiger partial charge in [-0.3, -0.25) is 0 Å². The van der Waals surface area contributed by atoms with Gasteiger partial charge in [0, 0.05) is 18.0 Å². The zero-order valence-corrected chi connectivity index (χ0v) is 11.7. The number of nitrogens with one attached hydrogen (secondary N) is 1. The second kappa shape index (κ2) is 6.79. The highest BCUT2D eigenvalue weighted by molar-refractivity contribution is 5.45. The normalized spacial score (nSPS) is 15.2. The van der Waals surface area contributed by atoms with Gasteiger partial charge in [0.15, 0.2) is 0 Å². The van der Waals surface area contributed by atoms with E-state index < -0.39 is 0 Å². The fourth-order valence-corrected chi connectivity index (χ4v) is 2.75. The van der Waals surface area contributed by atoms with E-state index in [-0.39, 0.29) is 0 Å². The van der Waals surface area contributed by atoms with Gasteiger partial charge in [0.1, 0.15) is 5.75 Å². The van der Waals surface area contributed by atoms with Gasteiger partial charge in [0.2, 0.25) is 0 Å². The Bertz CT molecular complexity index is 375. The average Bonchev–Trinajstić information content (AvgIpc) is 2.87. The van der Waals surface area contributed by atoms with Crippen LogP contribution in [0.15, 0.2) is 18.2 Å². The summed E-state index contributed by atoms with van der Waals surface area (Å²) in [4.78, 5) is 0. The molecule has 2 rings (SSSR count). The maximum atomic E-state index is 5.80. The summed E-state index contributed by atoms with van der Waals surface area (Å²) in [7, 11) is 2.05. The summed E-state index contributed by atoms with van der Waals surface area (Å²) >= 11 is 0. The van der Waals surface area contributed by atoms with Crippen molar-refractivity contribution in [2.45, 2.75) is 51.5 Å². The van der Waals surface area contributed by atoms with Crippen molar-refractivity contribution in [3.05, 3.63) is 29.3 Å². The van der Waals surface area contributed by atoms with Gasteiger partial charge in [0.05, 0.1) is 6.61 Å². The topological polar surface area (TPSA) is 21.3 Å². The Labute approximate surface area is 111 Å². The first-order valence-corrected chi connectivity index (χ1v) is 7.28. The van der Waals surface area contributed by atoms with Gasteiger partial charge < -0.3 is 10.1 Å². The molecule has 2 heteroatoms. The highest BCUT2D eigenvalue weighted by Crippen LogP contribution is 2.35. The molecule has 1 aliphatic heterocycles. The van der Waals surface area contributed by atoms with Crippen LogP contribution >= 0.6 is 0 Å². The highest BCUT2D eigenvalue weighted by Gasteiger charge is 2.20. The third kappa shape index (κ3) is 3.05. The van der Waals surface area contributed by atoms with Gasteiger partial charge in [0.25, 0.3) is 0 Å². The van der Waals surface area contributed by atoms with E-state index in [4.69, 9.17) is 4.74 Å². The lowest BCUT2D eigenvalue weighted by molar-refractivity contribution is 0.347. The maximum Gasteiger partial charge on any atom is 0.127 e. The van der Waals surface area contributed by atoms with E-state index in [2.05, 4.69) is 37.5 Å². The van der Waals surface area contributed by atoms with Crippen LogP contribution in [0.3, 0.4) is 0 Å². The first-order chi connectivity index (χ1) is 8.86. The molecule has 0 saturated heterocycles. The Morgan fingerprint density at radius 3 is 2.94 bits per heavy atom. The van der Waals surface area contributed by atoms with Crippen molar-refractivity contribution in [3.63, 3.8) is 0 Å². The van der Waals surface area contributed by atoms with Crippen molar-refractivity contribution in [2.75, 3.05) is 13.7 Å². The van der Waals surface area contributed by atoms with Crippen LogP contribution in [-0.2, 0) is 6.42 Å². The molecule has 0 aliphatic carbocycles. The Kier molecular flexibility index (Phi) is 5.06. The smallest absolute Gasteiger partial charge is 0.127 e. The maximum absolute atomic E-state index is 5.80. The van der Waals surface area contributed by atoms with Crippen molar-refractivity contribution in [2.24, 2.45) is 0 Å². The standard InChI is InChI=1S/C16H25NO/c1-3-4-5-6-10-15(17-2)14-9-7-8-13-11-12-18-16(13)14/h7-9,15,17H,3-6,10-12H2,1-2H3. The summed E-state index contributed by atoms with van der Waals surface area (Å²) in [5.41, 5.74) is 2.73. The molecule has 1 heterocycles. The van der Waals surface area contributed by atoms with Crippen LogP contribution in [0.2, 0.25) is 0 Å². The van der Waals surface area contributed by atoms with Crippen molar-refractivity contribution in [3.8, 4) is 5.75 Å². The first kappa shape index (κ1) is 13.4. The molecule has 1 aromatic rings. The van der Waals surface area contributed by atoms with Crippen molar-refractivity contribution >= 4 is 0 Å². The molecule has 0 radical (unpaired) electrons. The number of hydrogen-bond acceptors (Lipinski definition) is 2. The lowest BCUT2D eigenvalue weighted by Gasteiger charge is -2.19. The van der Waals surface area contributed by atoms with Crippen molar-refractivity contribution in [1.29, 1.82) is 0 Å². The summed E-state index contributed by atoms with van der Waals surface area (Å²) in [5, 5.41) is 3.44. The fourth-order valence-electron chi connectivity index (χ4n) is 2.75. The van der Waals surface area contributed by atoms with E-state index >= 15 is 0 Å². The lowest BCUT2D eigenvalue weighted by atomic mass is 9.97. The van der Waals surface area contributed by atoms with Crippen LogP contribution in [-0.4, -0.2) is 13.7 Å². The molecule has 100 valence electrons. The van der Waals surface area contributed by atoms with Crippen LogP contribution in [0.1, 0.15) is 56.2 Å². The minimum Gasteiger partial charge on any atom is -0.493 e. The summed E-state index contributed by atoms with van der Waals surface area (Å²) in [5.74, 6) is 1.15. The second-order valence-electron chi connectivity index (χ2n) is 5.12. The molecule has 0 saturated carbocycles. The van der Waals surface area contributed by atoms with Crippen LogP contribution in [0.4, 0.5) is 0 Å². The molecule has 0 amide bonds. The average molecular weight is 247 g/mol. The van der Waals surface area contributed by atoms with E-state index in [0.717, 1.165) is 18.8 Å². The quantitative estimate of drug-likeness (QED) is 0.739. The summed E-state index contributed by atoms with van der Waals surface area (Å²) in [6.07, 6.45) is 7.55. The number of fused-ring (bicyclic) bond motifs is 1. The molecule has 1 aromatic carbocycles. The SMILES string of the molecule is CCCCCCC(NC)c1cccc2c1OCC2. The van der Waals surface area contributed by atoms with Crippen LogP contribution in [0, 0.1) is 0 Å². The molecule has 2 nitrogen and oxygen atoms in total. The molecule has 0 bridgehead atoms. The molecule has 1 atom stereocenters. The second-order valence-corrected chi connectivity index (χ2v) is 5.12. The number of rotatable bonds is 7. The number of hydrogen-bond donors (Lipinski definition) is 1. The van der Waals surface area contributed by atoms with Crippen molar-refractivity contribution < 1.29 is 4.74 Å². The Morgan fingerprint density at radius 2 is 2.17 bits per heavy atom. The van der Waals surface area contributed by atoms with Gasteiger partial charge in [-0.05, 0) is 19.0 Å². The molecule has 0 fully saturated rings. The summed E-state index contributed by atoms with van der Waals surface area (Å²) in [6.45, 7) is 3.10. The predicted molar refractivity (Wildman–Crippen MR) is 76.2 cm³/mol. The molecular weight excluding hydrogens is 222 g/mol. The zero-order valence-electron chi connectivity index (χ0n) is 11.7. The van der Waals surface area contributed by atoms with Crippen LogP contribution in [0.25, 0.3) is 0 Å². The van der Waals surface area contributed by atoms with E-state index in [1.54, 1.807) is 0 Å². The lowest BCUT2D eigenvalue weighted by Crippen LogP contribution is -2.17. The van der Waals surface area contributed by atoms with Gasteiger partial charge >= 0.3 is 0 Å². The third-order valence-corrected chi connectivity index (χ3v) is 3.82. The van der Waals surface area contributed by atoms with E-state index in [0.29, 0.717) is 6.04 Å². The molecule has 0 spiro atoms. The van der Waals surface area contributed by atoms with E-state index in [1.807, 2.05) is 0 Å². The molecule has 1 aliphatic rings. The monoisotopic (exact) mass is 247 g/mol. The summed E-state index contributed by atoms with van der Waals surface area (Å²) < 4.78 is 5.80. The number of benzene rings is 1. The first-order valence-electron chi connectivity index (χ1n) is 7.28. The van der Waals surface area contributed by atoms with Gasteiger partial charge in [-0.15, -0.1) is 0 Å². The van der Waals surface area contributed by atoms with Gasteiger partial charge in [-0.25, -0.2) is 0 Å². The Balaban J connectivity index is 2.01. The molecule has 1 unspecified atom stereocenters. The summed E-state index contributed by atoms with van der Waals surface area (Å²) in [6, 6.07) is 7.01. The van der Waals surface area contributed by atoms with Gasteiger partial charge in [-0.1, -0.05) is 50.8 Å². The fraction of sp³-hybridized carbons (Fsp3) is 0.625. The van der Waals surface area contributed by atoms with E-state index in [9.17, 15) is 0 Å². The molecule has 18 heavy (non-hydrogen) atoms. The predicted octanol–water partition coefficient (Wildman–Crippen LogP) is 3.85.